The predicted octanol–water partition coefficient (Wildman–Crippen LogP) is 4.59. The summed E-state index contributed by atoms with van der Waals surface area (Å²) in [5, 5.41) is 8.74. The fourth-order valence-corrected chi connectivity index (χ4v) is 5.41. The van der Waals surface area contributed by atoms with Crippen LogP contribution in [0, 0.1) is 18.6 Å². The van der Waals surface area contributed by atoms with Crippen LogP contribution in [0.4, 0.5) is 19.3 Å². The molecule has 3 heterocycles. The molecule has 12 heteroatoms. The third-order valence-corrected chi connectivity index (χ3v) is 7.46. The highest BCUT2D eigenvalue weighted by Gasteiger charge is 2.35. The topological polar surface area (TPSA) is 118 Å². The Bertz CT molecular complexity index is 1730. The molecule has 1 N–H and O–H groups in total. The van der Waals surface area contributed by atoms with Gasteiger partial charge in [-0.05, 0) is 31.4 Å². The van der Waals surface area contributed by atoms with E-state index in [4.69, 9.17) is 13.9 Å². The van der Waals surface area contributed by atoms with E-state index in [9.17, 15) is 14.4 Å². The number of aromatic nitrogens is 1. The number of fused-ring (bicyclic) bond motifs is 1. The lowest BCUT2D eigenvalue weighted by molar-refractivity contribution is 0.143. The molecule has 1 aliphatic heterocycles. The minimum atomic E-state index is -1.69. The number of rotatable bonds is 6. The van der Waals surface area contributed by atoms with E-state index in [1.807, 2.05) is 30.3 Å². The first kappa shape index (κ1) is 25.8. The molecule has 2 fully saturated rings. The van der Waals surface area contributed by atoms with Crippen molar-refractivity contribution < 1.29 is 32.3 Å². The first-order valence-corrected chi connectivity index (χ1v) is 12.8. The van der Waals surface area contributed by atoms with Gasteiger partial charge >= 0.3 is 12.0 Å². The van der Waals surface area contributed by atoms with Crippen molar-refractivity contribution in [2.24, 2.45) is 0 Å². The quantitative estimate of drug-likeness (QED) is 0.342. The van der Waals surface area contributed by atoms with Crippen molar-refractivity contribution in [3.63, 3.8) is 0 Å². The molecule has 0 radical (unpaired) electrons. The van der Waals surface area contributed by atoms with Crippen LogP contribution in [0.15, 0.2) is 61.0 Å². The first-order valence-electron chi connectivity index (χ1n) is 12.8. The van der Waals surface area contributed by atoms with E-state index >= 15 is 8.78 Å². The summed E-state index contributed by atoms with van der Waals surface area (Å²) >= 11 is 0. The zero-order chi connectivity index (χ0) is 28.1. The lowest BCUT2D eigenvalue weighted by Gasteiger charge is -2.42. The third-order valence-electron chi connectivity index (χ3n) is 7.46. The van der Waals surface area contributed by atoms with Gasteiger partial charge in [0.15, 0.2) is 17.3 Å². The third kappa shape index (κ3) is 4.64. The molecule has 2 aromatic heterocycles. The Hall–Kier alpha value is -4.45. The second-order valence-electron chi connectivity index (χ2n) is 10.0. The van der Waals surface area contributed by atoms with Gasteiger partial charge in [-0.25, -0.2) is 18.4 Å². The summed E-state index contributed by atoms with van der Waals surface area (Å²) in [7, 11) is 0. The number of ether oxygens (including phenoxy) is 1. The van der Waals surface area contributed by atoms with E-state index < -0.39 is 34.8 Å². The van der Waals surface area contributed by atoms with Gasteiger partial charge in [0, 0.05) is 25.7 Å². The summed E-state index contributed by atoms with van der Waals surface area (Å²) in [5.74, 6) is -2.36. The van der Waals surface area contributed by atoms with Gasteiger partial charge in [-0.3, -0.25) is 9.69 Å². The summed E-state index contributed by atoms with van der Waals surface area (Å²) in [5.41, 5.74) is -0.346. The average Bonchev–Trinajstić information content (AvgIpc) is 3.71. The smallest absolute Gasteiger partial charge is 0.449 e. The molecular formula is C28H25F2N3O7. The normalized spacial score (nSPS) is 17.9. The number of piperazine rings is 1. The Balaban J connectivity index is 1.42. The maximum Gasteiger partial charge on any atom is 0.519 e. The maximum absolute atomic E-state index is 16.3. The number of carboxylic acid groups (broad SMARTS) is 1. The molecule has 2 aliphatic rings. The number of benzene rings is 2. The van der Waals surface area contributed by atoms with Crippen molar-refractivity contribution in [3.05, 3.63) is 92.2 Å². The van der Waals surface area contributed by atoms with Crippen LogP contribution in [-0.2, 0) is 6.54 Å². The standard InChI is InChI=1S/C28H25F2N3O7/c1-15-21(40-28(37)38-15)13-31-9-10-32(12-20(31)16-5-3-2-4-6-16)25-19(29)11-18-24(23(25)30)33(17-7-8-17)14-22(26(18)34)39-27(35)36/h2-6,11,14,17,20H,7-10,12-13H2,1H3,(H,35,36). The number of aryl methyl sites for hydroxylation is 1. The number of hydrogen-bond donors (Lipinski definition) is 1. The predicted molar refractivity (Wildman–Crippen MR) is 139 cm³/mol. The van der Waals surface area contributed by atoms with Crippen molar-refractivity contribution in [1.29, 1.82) is 0 Å². The number of halogens is 2. The molecule has 208 valence electrons. The Kier molecular flexibility index (Phi) is 6.41. The molecule has 2 aromatic carbocycles. The van der Waals surface area contributed by atoms with Crippen LogP contribution < -0.4 is 20.9 Å². The minimum absolute atomic E-state index is 0.0869. The lowest BCUT2D eigenvalue weighted by atomic mass is 10.0. The molecule has 1 saturated heterocycles. The summed E-state index contributed by atoms with van der Waals surface area (Å²) in [6.07, 6.45) is 0.905. The SMILES string of the molecule is Cc1oc(=O)oc1CN1CCN(c2c(F)cc3c(=O)c(OC(=O)O)cn(C4CC4)c3c2F)CC1c1ccccc1. The molecular weight excluding hydrogens is 528 g/mol. The monoisotopic (exact) mass is 553 g/mol. The average molecular weight is 554 g/mol. The van der Waals surface area contributed by atoms with Crippen LogP contribution in [-0.4, -0.2) is 40.4 Å². The summed E-state index contributed by atoms with van der Waals surface area (Å²) in [6, 6.07) is 9.93. The van der Waals surface area contributed by atoms with Crippen LogP contribution in [0.1, 0.15) is 42.0 Å². The van der Waals surface area contributed by atoms with Crippen LogP contribution in [0.2, 0.25) is 0 Å². The largest absolute Gasteiger partial charge is 0.519 e. The van der Waals surface area contributed by atoms with Crippen molar-refractivity contribution in [2.75, 3.05) is 24.5 Å². The van der Waals surface area contributed by atoms with Gasteiger partial charge in [-0.2, -0.15) is 0 Å². The number of pyridine rings is 1. The van der Waals surface area contributed by atoms with E-state index in [-0.39, 0.29) is 48.3 Å². The van der Waals surface area contributed by atoms with Gasteiger partial charge in [0.2, 0.25) is 5.43 Å². The fourth-order valence-electron chi connectivity index (χ4n) is 5.41. The Morgan fingerprint density at radius 3 is 2.52 bits per heavy atom. The van der Waals surface area contributed by atoms with E-state index in [1.165, 1.54) is 10.8 Å². The minimum Gasteiger partial charge on any atom is -0.449 e. The van der Waals surface area contributed by atoms with Crippen molar-refractivity contribution in [3.8, 4) is 5.75 Å². The highest BCUT2D eigenvalue weighted by Crippen LogP contribution is 2.41. The number of carbonyl (C=O) groups is 1. The van der Waals surface area contributed by atoms with E-state index in [1.54, 1.807) is 11.8 Å². The van der Waals surface area contributed by atoms with E-state index in [2.05, 4.69) is 9.64 Å². The number of hydrogen-bond acceptors (Lipinski definition) is 8. The molecule has 10 nitrogen and oxygen atoms in total. The molecule has 6 rings (SSSR count). The summed E-state index contributed by atoms with van der Waals surface area (Å²) in [4.78, 5) is 39.3. The van der Waals surface area contributed by atoms with Crippen LogP contribution in [0.25, 0.3) is 10.9 Å². The van der Waals surface area contributed by atoms with Gasteiger partial charge in [-0.1, -0.05) is 30.3 Å². The van der Waals surface area contributed by atoms with Crippen molar-refractivity contribution >= 4 is 22.7 Å². The maximum atomic E-state index is 16.3. The first-order chi connectivity index (χ1) is 19.2. The van der Waals surface area contributed by atoms with Gasteiger partial charge in [0.05, 0.1) is 29.7 Å². The molecule has 0 amide bonds. The van der Waals surface area contributed by atoms with E-state index in [0.29, 0.717) is 30.9 Å². The van der Waals surface area contributed by atoms with Crippen molar-refractivity contribution in [2.45, 2.75) is 38.4 Å². The van der Waals surface area contributed by atoms with Crippen LogP contribution in [0.3, 0.4) is 0 Å². The second kappa shape index (κ2) is 9.94. The van der Waals surface area contributed by atoms with Crippen LogP contribution >= 0.6 is 0 Å². The Morgan fingerprint density at radius 1 is 1.12 bits per heavy atom. The fraction of sp³-hybridized carbons (Fsp3) is 0.321. The molecule has 4 aromatic rings. The zero-order valence-electron chi connectivity index (χ0n) is 21.4. The lowest BCUT2D eigenvalue weighted by Crippen LogP contribution is -2.48. The molecule has 0 spiro atoms. The van der Waals surface area contributed by atoms with Gasteiger partial charge < -0.3 is 28.1 Å². The van der Waals surface area contributed by atoms with Gasteiger partial charge in [0.25, 0.3) is 0 Å². The van der Waals surface area contributed by atoms with Crippen molar-refractivity contribution in [1.82, 2.24) is 9.47 Å². The molecule has 1 unspecified atom stereocenters. The second-order valence-corrected chi connectivity index (χ2v) is 10.0. The van der Waals surface area contributed by atoms with Crippen LogP contribution in [0.5, 0.6) is 5.75 Å². The Labute approximate surface area is 225 Å². The Morgan fingerprint density at radius 2 is 1.88 bits per heavy atom. The molecule has 1 saturated carbocycles. The molecule has 40 heavy (non-hydrogen) atoms. The summed E-state index contributed by atoms with van der Waals surface area (Å²) in [6.45, 7) is 2.74. The summed E-state index contributed by atoms with van der Waals surface area (Å²) < 4.78 is 48.3. The van der Waals surface area contributed by atoms with Gasteiger partial charge in [0.1, 0.15) is 17.3 Å². The van der Waals surface area contributed by atoms with Gasteiger partial charge in [-0.15, -0.1) is 0 Å². The van der Waals surface area contributed by atoms with E-state index in [0.717, 1.165) is 11.6 Å². The molecule has 1 aliphatic carbocycles. The number of anilines is 1. The highest BCUT2D eigenvalue weighted by atomic mass is 19.1. The number of nitrogens with zero attached hydrogens (tertiary/aromatic N) is 3. The molecule has 0 bridgehead atoms. The highest BCUT2D eigenvalue weighted by molar-refractivity contribution is 5.86. The molecule has 1 atom stereocenters. The zero-order valence-corrected chi connectivity index (χ0v) is 21.4.